The van der Waals surface area contributed by atoms with Gasteiger partial charge in [-0.05, 0) is 18.2 Å². The maximum absolute atomic E-state index is 13.0. The Balaban J connectivity index is 2.87. The van der Waals surface area contributed by atoms with Crippen LogP contribution in [-0.4, -0.2) is 10.1 Å². The summed E-state index contributed by atoms with van der Waals surface area (Å²) in [4.78, 5) is 3.58. The molecule has 0 bridgehead atoms. The Bertz CT molecular complexity index is 470. The molecular formula is C9H5F2NO. The van der Waals surface area contributed by atoms with Crippen LogP contribution in [0.4, 0.5) is 8.78 Å². The van der Waals surface area contributed by atoms with Gasteiger partial charge in [-0.3, -0.25) is 0 Å². The standard InChI is InChI=1S/C9H5F2NO/c10-7-2-1-5-3-6(13)4-12-9(5)8(7)11/h1-4,13H. The highest BCUT2D eigenvalue weighted by atomic mass is 19.2. The van der Waals surface area contributed by atoms with Gasteiger partial charge in [-0.15, -0.1) is 0 Å². The van der Waals surface area contributed by atoms with Crippen molar-refractivity contribution in [2.45, 2.75) is 0 Å². The van der Waals surface area contributed by atoms with E-state index in [1.807, 2.05) is 0 Å². The fourth-order valence-electron chi connectivity index (χ4n) is 1.13. The normalized spacial score (nSPS) is 10.6. The Morgan fingerprint density at radius 2 is 2.00 bits per heavy atom. The zero-order valence-corrected chi connectivity index (χ0v) is 6.46. The van der Waals surface area contributed by atoms with E-state index in [0.29, 0.717) is 5.39 Å². The van der Waals surface area contributed by atoms with Gasteiger partial charge in [0.15, 0.2) is 11.6 Å². The first kappa shape index (κ1) is 7.91. The van der Waals surface area contributed by atoms with Crippen LogP contribution in [0.3, 0.4) is 0 Å². The minimum atomic E-state index is -0.988. The average Bonchev–Trinajstić information content (AvgIpc) is 2.12. The number of rotatable bonds is 0. The molecule has 0 saturated heterocycles. The van der Waals surface area contributed by atoms with Crippen molar-refractivity contribution in [1.29, 1.82) is 0 Å². The lowest BCUT2D eigenvalue weighted by Crippen LogP contribution is -1.88. The van der Waals surface area contributed by atoms with Crippen molar-refractivity contribution in [2.24, 2.45) is 0 Å². The molecule has 4 heteroatoms. The molecular weight excluding hydrogens is 176 g/mol. The van der Waals surface area contributed by atoms with Crippen LogP contribution in [0.5, 0.6) is 5.75 Å². The predicted molar refractivity (Wildman–Crippen MR) is 43.3 cm³/mol. The maximum atomic E-state index is 13.0. The second-order valence-electron chi connectivity index (χ2n) is 2.63. The van der Waals surface area contributed by atoms with E-state index in [1.54, 1.807) is 0 Å². The molecule has 1 aromatic carbocycles. The fraction of sp³-hybridized carbons (Fsp3) is 0. The molecule has 0 aliphatic carbocycles. The average molecular weight is 181 g/mol. The summed E-state index contributed by atoms with van der Waals surface area (Å²) in [6, 6.07) is 3.68. The van der Waals surface area contributed by atoms with Crippen molar-refractivity contribution in [3.63, 3.8) is 0 Å². The predicted octanol–water partition coefficient (Wildman–Crippen LogP) is 2.22. The maximum Gasteiger partial charge on any atom is 0.184 e. The molecule has 2 rings (SSSR count). The van der Waals surface area contributed by atoms with E-state index in [4.69, 9.17) is 5.11 Å². The third kappa shape index (κ3) is 1.20. The molecule has 2 aromatic rings. The molecule has 0 radical (unpaired) electrons. The summed E-state index contributed by atoms with van der Waals surface area (Å²) < 4.78 is 25.7. The van der Waals surface area contributed by atoms with Gasteiger partial charge in [-0.2, -0.15) is 0 Å². The second-order valence-corrected chi connectivity index (χ2v) is 2.63. The summed E-state index contributed by atoms with van der Waals surface area (Å²) in [5.41, 5.74) is -0.0715. The largest absolute Gasteiger partial charge is 0.506 e. The van der Waals surface area contributed by atoms with Gasteiger partial charge >= 0.3 is 0 Å². The van der Waals surface area contributed by atoms with Crippen molar-refractivity contribution in [3.8, 4) is 5.75 Å². The van der Waals surface area contributed by atoms with E-state index in [0.717, 1.165) is 12.3 Å². The van der Waals surface area contributed by atoms with Crippen molar-refractivity contribution in [2.75, 3.05) is 0 Å². The highest BCUT2D eigenvalue weighted by Gasteiger charge is 2.07. The van der Waals surface area contributed by atoms with Crippen LogP contribution in [0, 0.1) is 11.6 Å². The number of hydrogen-bond donors (Lipinski definition) is 1. The smallest absolute Gasteiger partial charge is 0.184 e. The fourth-order valence-corrected chi connectivity index (χ4v) is 1.13. The van der Waals surface area contributed by atoms with Crippen molar-refractivity contribution in [1.82, 2.24) is 4.98 Å². The zero-order chi connectivity index (χ0) is 9.42. The van der Waals surface area contributed by atoms with Gasteiger partial charge in [-0.25, -0.2) is 13.8 Å². The first-order valence-electron chi connectivity index (χ1n) is 3.61. The lowest BCUT2D eigenvalue weighted by Gasteiger charge is -1.99. The molecule has 2 nitrogen and oxygen atoms in total. The molecule has 0 saturated carbocycles. The molecule has 0 spiro atoms. The summed E-state index contributed by atoms with van der Waals surface area (Å²) in [7, 11) is 0. The monoisotopic (exact) mass is 181 g/mol. The lowest BCUT2D eigenvalue weighted by molar-refractivity contribution is 0.473. The molecule has 66 valence electrons. The van der Waals surface area contributed by atoms with Crippen molar-refractivity contribution >= 4 is 10.9 Å². The summed E-state index contributed by atoms with van der Waals surface area (Å²) in [6.07, 6.45) is 1.07. The van der Waals surface area contributed by atoms with Crippen molar-refractivity contribution < 1.29 is 13.9 Å². The van der Waals surface area contributed by atoms with E-state index in [-0.39, 0.29) is 11.3 Å². The number of pyridine rings is 1. The van der Waals surface area contributed by atoms with E-state index in [2.05, 4.69) is 4.98 Å². The Labute approximate surface area is 72.5 Å². The SMILES string of the molecule is Oc1cnc2c(F)c(F)ccc2c1. The first-order valence-corrected chi connectivity index (χ1v) is 3.61. The summed E-state index contributed by atoms with van der Waals surface area (Å²) in [5, 5.41) is 9.39. The van der Waals surface area contributed by atoms with Gasteiger partial charge in [0.1, 0.15) is 11.3 Å². The highest BCUT2D eigenvalue weighted by molar-refractivity contribution is 5.80. The Hall–Kier alpha value is -1.71. The van der Waals surface area contributed by atoms with Gasteiger partial charge in [0, 0.05) is 5.39 Å². The second kappa shape index (κ2) is 2.65. The Morgan fingerprint density at radius 1 is 1.23 bits per heavy atom. The molecule has 1 aromatic heterocycles. The molecule has 0 amide bonds. The molecule has 0 fully saturated rings. The highest BCUT2D eigenvalue weighted by Crippen LogP contribution is 2.21. The number of aromatic nitrogens is 1. The topological polar surface area (TPSA) is 33.1 Å². The quantitative estimate of drug-likeness (QED) is 0.675. The van der Waals surface area contributed by atoms with Crippen LogP contribution in [0.2, 0.25) is 0 Å². The van der Waals surface area contributed by atoms with Crippen LogP contribution in [0.15, 0.2) is 24.4 Å². The van der Waals surface area contributed by atoms with E-state index in [1.165, 1.54) is 12.1 Å². The van der Waals surface area contributed by atoms with Gasteiger partial charge in [0.25, 0.3) is 0 Å². The molecule has 0 aliphatic heterocycles. The first-order chi connectivity index (χ1) is 6.18. The van der Waals surface area contributed by atoms with Crippen LogP contribution in [0.25, 0.3) is 10.9 Å². The number of hydrogen-bond acceptors (Lipinski definition) is 2. The third-order valence-corrected chi connectivity index (χ3v) is 1.73. The molecule has 0 unspecified atom stereocenters. The lowest BCUT2D eigenvalue weighted by atomic mass is 10.2. The number of nitrogens with zero attached hydrogens (tertiary/aromatic N) is 1. The van der Waals surface area contributed by atoms with E-state index >= 15 is 0 Å². The van der Waals surface area contributed by atoms with Gasteiger partial charge < -0.3 is 5.11 Å². The van der Waals surface area contributed by atoms with Gasteiger partial charge in [-0.1, -0.05) is 0 Å². The molecule has 1 N–H and O–H groups in total. The van der Waals surface area contributed by atoms with Crippen LogP contribution in [0.1, 0.15) is 0 Å². The van der Waals surface area contributed by atoms with Gasteiger partial charge in [0.05, 0.1) is 6.20 Å². The van der Waals surface area contributed by atoms with Crippen molar-refractivity contribution in [3.05, 3.63) is 36.0 Å². The number of aromatic hydroxyl groups is 1. The van der Waals surface area contributed by atoms with Crippen LogP contribution >= 0.6 is 0 Å². The minimum Gasteiger partial charge on any atom is -0.506 e. The Kier molecular flexibility index (Phi) is 1.62. The summed E-state index contributed by atoms with van der Waals surface area (Å²) in [6.45, 7) is 0. The van der Waals surface area contributed by atoms with Crippen LogP contribution < -0.4 is 0 Å². The van der Waals surface area contributed by atoms with Gasteiger partial charge in [0.2, 0.25) is 0 Å². The summed E-state index contributed by atoms with van der Waals surface area (Å²) in [5.74, 6) is -2.00. The molecule has 0 atom stereocenters. The van der Waals surface area contributed by atoms with Crippen LogP contribution in [-0.2, 0) is 0 Å². The molecule has 0 aliphatic rings. The van der Waals surface area contributed by atoms with E-state index < -0.39 is 11.6 Å². The Morgan fingerprint density at radius 3 is 2.77 bits per heavy atom. The summed E-state index contributed by atoms with van der Waals surface area (Å²) >= 11 is 0. The number of halogens is 2. The zero-order valence-electron chi connectivity index (χ0n) is 6.46. The number of fused-ring (bicyclic) bond motifs is 1. The minimum absolute atomic E-state index is 0.0708. The van der Waals surface area contributed by atoms with E-state index in [9.17, 15) is 8.78 Å². The molecule has 13 heavy (non-hydrogen) atoms. The number of benzene rings is 1. The third-order valence-electron chi connectivity index (χ3n) is 1.73. The molecule has 1 heterocycles.